The molecule has 1 fully saturated rings. The molecule has 1 heterocycles. The van der Waals surface area contributed by atoms with E-state index in [2.05, 4.69) is 5.27 Å². The number of amides is 1. The summed E-state index contributed by atoms with van der Waals surface area (Å²) in [5.74, 6) is 0.623. The number of carbonyl (C=O) groups is 1. The fourth-order valence-electron chi connectivity index (χ4n) is 3.77. The second-order valence-electron chi connectivity index (χ2n) is 7.69. The molecule has 1 aliphatic rings. The summed E-state index contributed by atoms with van der Waals surface area (Å²) >= 11 is 0. The third kappa shape index (κ3) is 3.70. The average Bonchev–Trinajstić information content (AvgIpc) is 3.59. The monoisotopic (exact) mass is 416 g/mol. The molecule has 1 N–H and O–H groups in total. The van der Waals surface area contributed by atoms with E-state index in [1.807, 2.05) is 54.6 Å². The molecule has 5 rings (SSSR count). The summed E-state index contributed by atoms with van der Waals surface area (Å²) in [4.78, 5) is 27.6. The van der Waals surface area contributed by atoms with Gasteiger partial charge in [-0.25, -0.2) is 4.79 Å². The molecule has 0 saturated heterocycles. The van der Waals surface area contributed by atoms with Crippen LogP contribution in [-0.2, 0) is 6.54 Å². The number of carbonyl (C=O) groups excluding carboxylic acids is 1. The molecule has 1 aliphatic carbocycles. The maximum absolute atomic E-state index is 13.4. The molecule has 3 aromatic carbocycles. The number of ether oxygens (including phenoxy) is 1. The fourth-order valence-corrected chi connectivity index (χ4v) is 3.77. The van der Waals surface area contributed by atoms with Crippen molar-refractivity contribution in [1.29, 1.82) is 0 Å². The van der Waals surface area contributed by atoms with Gasteiger partial charge in [0.1, 0.15) is 12.3 Å². The van der Waals surface area contributed by atoms with E-state index in [0.717, 1.165) is 29.3 Å². The Morgan fingerprint density at radius 2 is 1.84 bits per heavy atom. The minimum atomic E-state index is -0.493. The lowest BCUT2D eigenvalue weighted by Crippen LogP contribution is -2.43. The maximum atomic E-state index is 13.4. The number of H-pyrrole nitrogens is 1. The Hall–Kier alpha value is -3.87. The maximum Gasteiger partial charge on any atom is 0.432 e. The first kappa shape index (κ1) is 19.1. The number of nitrogens with zero attached hydrogens (tertiary/aromatic N) is 2. The molecule has 1 saturated carbocycles. The second kappa shape index (κ2) is 7.75. The number of hydrogen-bond acceptors (Lipinski definition) is 4. The van der Waals surface area contributed by atoms with Crippen molar-refractivity contribution >= 4 is 16.7 Å². The van der Waals surface area contributed by atoms with Gasteiger partial charge in [-0.05, 0) is 57.8 Å². The number of benzene rings is 3. The first-order valence-corrected chi connectivity index (χ1v) is 10.2. The quantitative estimate of drug-likeness (QED) is 0.490. The van der Waals surface area contributed by atoms with E-state index < -0.39 is 5.63 Å². The number of aromatic nitrogens is 2. The predicted molar refractivity (Wildman–Crippen MR) is 114 cm³/mol. The normalized spacial score (nSPS) is 13.3. The molecule has 31 heavy (non-hydrogen) atoms. The van der Waals surface area contributed by atoms with Crippen LogP contribution in [0.4, 0.5) is 0 Å². The highest BCUT2D eigenvalue weighted by Crippen LogP contribution is 2.30. The Morgan fingerprint density at radius 3 is 2.55 bits per heavy atom. The highest BCUT2D eigenvalue weighted by Gasteiger charge is 2.37. The molecule has 1 amide bonds. The Labute approximate surface area is 178 Å². The van der Waals surface area contributed by atoms with Crippen molar-refractivity contribution in [2.24, 2.45) is 0 Å². The molecule has 0 bridgehead atoms. The van der Waals surface area contributed by atoms with Crippen molar-refractivity contribution in [2.75, 3.05) is 7.11 Å². The van der Waals surface area contributed by atoms with Gasteiger partial charge in [0.05, 0.1) is 7.11 Å². The van der Waals surface area contributed by atoms with Crippen molar-refractivity contribution in [3.05, 3.63) is 88.4 Å². The van der Waals surface area contributed by atoms with E-state index in [0.29, 0.717) is 17.0 Å². The van der Waals surface area contributed by atoms with Gasteiger partial charge in [0.2, 0.25) is 5.69 Å². The number of hydrogen-bond donors (Lipinski definition) is 1. The molecule has 0 unspecified atom stereocenters. The zero-order chi connectivity index (χ0) is 21.4. The third-order valence-corrected chi connectivity index (χ3v) is 5.63. The summed E-state index contributed by atoms with van der Waals surface area (Å²) in [6, 6.07) is 21.0. The summed E-state index contributed by atoms with van der Waals surface area (Å²) in [6.45, 7) is 0.161. The Morgan fingerprint density at radius 1 is 1.10 bits per heavy atom. The first-order valence-electron chi connectivity index (χ1n) is 10.2. The molecule has 156 valence electrons. The molecule has 7 nitrogen and oxygen atoms in total. The number of methoxy groups -OCH3 is 1. The average molecular weight is 416 g/mol. The number of fused-ring (bicyclic) bond motifs is 1. The molecule has 4 aromatic rings. The van der Waals surface area contributed by atoms with Gasteiger partial charge in [-0.3, -0.25) is 9.32 Å². The van der Waals surface area contributed by atoms with Gasteiger partial charge >= 0.3 is 11.3 Å². The van der Waals surface area contributed by atoms with Crippen molar-refractivity contribution in [1.82, 2.24) is 10.2 Å². The SMILES string of the molecule is COc1ccc(-[n+]2[nH]oc(=O)c2CN(C(=O)c2ccc3ccccc3c2)C2CC2)cc1. The van der Waals surface area contributed by atoms with Crippen molar-refractivity contribution in [3.8, 4) is 11.4 Å². The zero-order valence-corrected chi connectivity index (χ0v) is 17.1. The summed E-state index contributed by atoms with van der Waals surface area (Å²) in [6.07, 6.45) is 1.86. The minimum absolute atomic E-state index is 0.0878. The predicted octanol–water partition coefficient (Wildman–Crippen LogP) is 3.21. The van der Waals surface area contributed by atoms with Crippen LogP contribution < -0.4 is 15.0 Å². The Bertz CT molecular complexity index is 1300. The molecule has 0 radical (unpaired) electrons. The summed E-state index contributed by atoms with van der Waals surface area (Å²) < 4.78 is 11.8. The van der Waals surface area contributed by atoms with Crippen molar-refractivity contribution in [3.63, 3.8) is 0 Å². The van der Waals surface area contributed by atoms with Crippen LogP contribution in [0.2, 0.25) is 0 Å². The van der Waals surface area contributed by atoms with Crippen LogP contribution in [0.3, 0.4) is 0 Å². The fraction of sp³-hybridized carbons (Fsp3) is 0.208. The lowest BCUT2D eigenvalue weighted by Gasteiger charge is -2.20. The standard InChI is InChI=1S/C24H21N3O4/c1-30-21-12-10-20(11-13-21)27-22(24(29)31-25-27)15-26(19-8-9-19)23(28)18-7-6-16-4-2-3-5-17(16)14-18/h2-7,10-14,19H,8-9,15H2,1H3/p+1. The summed E-state index contributed by atoms with van der Waals surface area (Å²) in [5, 5.41) is 4.74. The van der Waals surface area contributed by atoms with Gasteiger partial charge < -0.3 is 9.64 Å². The largest absolute Gasteiger partial charge is 0.497 e. The molecule has 0 atom stereocenters. The van der Waals surface area contributed by atoms with Gasteiger partial charge in [0.15, 0.2) is 0 Å². The van der Waals surface area contributed by atoms with E-state index >= 15 is 0 Å². The van der Waals surface area contributed by atoms with Crippen LogP contribution in [0.5, 0.6) is 5.75 Å². The number of nitrogens with one attached hydrogen (secondary N) is 1. The zero-order valence-electron chi connectivity index (χ0n) is 17.1. The van der Waals surface area contributed by atoms with E-state index in [1.165, 1.54) is 0 Å². The topological polar surface area (TPSA) is 79.4 Å². The minimum Gasteiger partial charge on any atom is -0.497 e. The van der Waals surface area contributed by atoms with Crippen LogP contribution in [0.25, 0.3) is 16.5 Å². The first-order chi connectivity index (χ1) is 15.1. The summed E-state index contributed by atoms with van der Waals surface area (Å²) in [5.41, 5.74) is 1.20. The smallest absolute Gasteiger partial charge is 0.432 e. The third-order valence-electron chi connectivity index (χ3n) is 5.63. The van der Waals surface area contributed by atoms with E-state index in [4.69, 9.17) is 9.26 Å². The number of aromatic amines is 1. The number of rotatable bonds is 6. The molecule has 0 spiro atoms. The molecular weight excluding hydrogens is 394 g/mol. The summed E-state index contributed by atoms with van der Waals surface area (Å²) in [7, 11) is 1.60. The molecule has 7 heteroatoms. The Balaban J connectivity index is 1.47. The van der Waals surface area contributed by atoms with Crippen LogP contribution in [0, 0.1) is 0 Å². The van der Waals surface area contributed by atoms with Crippen LogP contribution >= 0.6 is 0 Å². The van der Waals surface area contributed by atoms with Gasteiger partial charge in [-0.1, -0.05) is 30.3 Å². The van der Waals surface area contributed by atoms with Crippen LogP contribution in [-0.4, -0.2) is 29.2 Å². The molecule has 0 aliphatic heterocycles. The highest BCUT2D eigenvalue weighted by molar-refractivity contribution is 5.98. The highest BCUT2D eigenvalue weighted by atomic mass is 16.5. The van der Waals surface area contributed by atoms with E-state index in [1.54, 1.807) is 28.8 Å². The van der Waals surface area contributed by atoms with Gasteiger partial charge in [0.25, 0.3) is 5.91 Å². The lowest BCUT2D eigenvalue weighted by molar-refractivity contribution is -0.678. The lowest BCUT2D eigenvalue weighted by atomic mass is 10.1. The van der Waals surface area contributed by atoms with E-state index in [9.17, 15) is 9.59 Å². The van der Waals surface area contributed by atoms with Gasteiger partial charge in [-0.2, -0.15) is 0 Å². The van der Waals surface area contributed by atoms with Crippen LogP contribution in [0.1, 0.15) is 28.9 Å². The van der Waals surface area contributed by atoms with Crippen molar-refractivity contribution < 1.29 is 18.7 Å². The Kier molecular flexibility index (Phi) is 4.78. The van der Waals surface area contributed by atoms with Gasteiger partial charge in [0, 0.05) is 23.7 Å². The van der Waals surface area contributed by atoms with Crippen LogP contribution in [0.15, 0.2) is 76.0 Å². The van der Waals surface area contributed by atoms with E-state index in [-0.39, 0.29) is 18.5 Å². The molecular formula is C24H22N3O4+. The molecule has 1 aromatic heterocycles. The van der Waals surface area contributed by atoms with Gasteiger partial charge in [-0.15, -0.1) is 0 Å². The van der Waals surface area contributed by atoms with Crippen molar-refractivity contribution in [2.45, 2.75) is 25.4 Å². The second-order valence-corrected chi connectivity index (χ2v) is 7.69.